The number of fused-ring (bicyclic) bond motifs is 1. The van der Waals surface area contributed by atoms with Gasteiger partial charge in [-0.25, -0.2) is 23.6 Å². The summed E-state index contributed by atoms with van der Waals surface area (Å²) in [6.45, 7) is 6.91. The topological polar surface area (TPSA) is 93.0 Å². The fraction of sp³-hybridized carbons (Fsp3) is 0.533. The summed E-state index contributed by atoms with van der Waals surface area (Å²) in [6, 6.07) is 8.48. The number of hydrogen-bond donors (Lipinski definition) is 0. The summed E-state index contributed by atoms with van der Waals surface area (Å²) in [6.07, 6.45) is 5.01. The maximum absolute atomic E-state index is 13.7. The molecule has 1 aromatic carbocycles. The monoisotopic (exact) mass is 564 g/mol. The third-order valence-electron chi connectivity index (χ3n) is 8.76. The number of aromatic nitrogens is 3. The van der Waals surface area contributed by atoms with Gasteiger partial charge in [0, 0.05) is 51.2 Å². The van der Waals surface area contributed by atoms with Gasteiger partial charge in [0.15, 0.2) is 11.3 Å². The van der Waals surface area contributed by atoms with E-state index in [0.717, 1.165) is 75.1 Å². The molecule has 3 fully saturated rings. The highest BCUT2D eigenvalue weighted by Gasteiger charge is 2.33. The number of anilines is 1. The molecule has 2 aromatic heterocycles. The molecule has 3 aliphatic rings. The van der Waals surface area contributed by atoms with E-state index < -0.39 is 5.97 Å². The average molecular weight is 565 g/mol. The number of benzene rings is 1. The molecule has 2 saturated heterocycles. The van der Waals surface area contributed by atoms with E-state index in [-0.39, 0.29) is 17.6 Å². The van der Waals surface area contributed by atoms with Crippen LogP contribution in [0.3, 0.4) is 0 Å². The largest absolute Gasteiger partial charge is 0.464 e. The van der Waals surface area contributed by atoms with Crippen molar-refractivity contribution in [1.82, 2.24) is 24.6 Å². The molecule has 6 rings (SSSR count). The lowest BCUT2D eigenvalue weighted by atomic mass is 9.82. The molecule has 1 amide bonds. The molecule has 41 heavy (non-hydrogen) atoms. The Morgan fingerprint density at radius 1 is 1.00 bits per heavy atom. The van der Waals surface area contributed by atoms with Crippen molar-refractivity contribution in [1.29, 1.82) is 0 Å². The van der Waals surface area contributed by atoms with Crippen LogP contribution in [0.2, 0.25) is 0 Å². The third-order valence-corrected chi connectivity index (χ3v) is 8.76. The SMILES string of the molecule is CCOC(=O)N1CCN(C2CCN(c3cc(C(=O)OC)nc4c3c(C3CCC3)nn4-c3ccc(F)cc3)CC2)CC1. The number of piperazine rings is 1. The normalized spacial score (nSPS) is 18.9. The van der Waals surface area contributed by atoms with Crippen LogP contribution < -0.4 is 4.90 Å². The van der Waals surface area contributed by atoms with Crippen molar-refractivity contribution in [3.05, 3.63) is 47.5 Å². The Bertz CT molecular complexity index is 1410. The van der Waals surface area contributed by atoms with E-state index >= 15 is 0 Å². The van der Waals surface area contributed by atoms with Crippen LogP contribution in [0.4, 0.5) is 14.9 Å². The van der Waals surface area contributed by atoms with E-state index in [0.29, 0.717) is 43.0 Å². The van der Waals surface area contributed by atoms with Crippen LogP contribution in [0.5, 0.6) is 0 Å². The second-order valence-electron chi connectivity index (χ2n) is 11.1. The van der Waals surface area contributed by atoms with Gasteiger partial charge in [-0.2, -0.15) is 5.10 Å². The van der Waals surface area contributed by atoms with Crippen molar-refractivity contribution in [3.63, 3.8) is 0 Å². The lowest BCUT2D eigenvalue weighted by Gasteiger charge is -2.43. The van der Waals surface area contributed by atoms with E-state index in [4.69, 9.17) is 19.6 Å². The van der Waals surface area contributed by atoms with Gasteiger partial charge in [-0.3, -0.25) is 4.90 Å². The van der Waals surface area contributed by atoms with E-state index in [1.54, 1.807) is 21.7 Å². The number of amides is 1. The van der Waals surface area contributed by atoms with Crippen molar-refractivity contribution >= 4 is 28.8 Å². The van der Waals surface area contributed by atoms with Gasteiger partial charge in [0.1, 0.15) is 5.82 Å². The smallest absolute Gasteiger partial charge is 0.409 e. The number of rotatable bonds is 6. The summed E-state index contributed by atoms with van der Waals surface area (Å²) >= 11 is 0. The molecule has 4 heterocycles. The molecule has 0 N–H and O–H groups in total. The summed E-state index contributed by atoms with van der Waals surface area (Å²) in [5.74, 6) is -0.491. The number of hydrogen-bond acceptors (Lipinski definition) is 8. The highest BCUT2D eigenvalue weighted by molar-refractivity contribution is 5.99. The fourth-order valence-corrected chi connectivity index (χ4v) is 6.27. The van der Waals surface area contributed by atoms with Crippen molar-refractivity contribution in [2.75, 3.05) is 57.9 Å². The van der Waals surface area contributed by atoms with Crippen LogP contribution in [0.15, 0.2) is 30.3 Å². The first-order chi connectivity index (χ1) is 20.0. The summed E-state index contributed by atoms with van der Waals surface area (Å²) in [5.41, 5.74) is 3.47. The third kappa shape index (κ3) is 5.35. The van der Waals surface area contributed by atoms with Gasteiger partial charge in [-0.1, -0.05) is 6.42 Å². The Labute approximate surface area is 239 Å². The summed E-state index contributed by atoms with van der Waals surface area (Å²) in [5, 5.41) is 5.98. The molecule has 10 nitrogen and oxygen atoms in total. The van der Waals surface area contributed by atoms with Crippen LogP contribution in [-0.4, -0.2) is 95.7 Å². The Balaban J connectivity index is 1.29. The molecule has 0 bridgehead atoms. The van der Waals surface area contributed by atoms with Crippen molar-refractivity contribution in [2.24, 2.45) is 0 Å². The second kappa shape index (κ2) is 11.6. The van der Waals surface area contributed by atoms with Crippen LogP contribution in [0, 0.1) is 5.82 Å². The Hall–Kier alpha value is -3.73. The van der Waals surface area contributed by atoms with E-state index in [2.05, 4.69) is 9.80 Å². The molecule has 3 aromatic rings. The first kappa shape index (κ1) is 27.4. The number of methoxy groups -OCH3 is 1. The van der Waals surface area contributed by atoms with Crippen molar-refractivity contribution in [2.45, 2.75) is 51.0 Å². The van der Waals surface area contributed by atoms with Gasteiger partial charge >= 0.3 is 12.1 Å². The predicted octanol–water partition coefficient (Wildman–Crippen LogP) is 4.36. The van der Waals surface area contributed by atoms with Gasteiger partial charge in [0.25, 0.3) is 0 Å². The van der Waals surface area contributed by atoms with Crippen LogP contribution >= 0.6 is 0 Å². The summed E-state index contributed by atoms with van der Waals surface area (Å²) in [4.78, 5) is 36.2. The number of carbonyl (C=O) groups is 2. The molecule has 11 heteroatoms. The maximum Gasteiger partial charge on any atom is 0.409 e. The zero-order chi connectivity index (χ0) is 28.5. The minimum Gasteiger partial charge on any atom is -0.464 e. The van der Waals surface area contributed by atoms with Gasteiger partial charge < -0.3 is 19.3 Å². The highest BCUT2D eigenvalue weighted by atomic mass is 19.1. The lowest BCUT2D eigenvalue weighted by molar-refractivity contribution is 0.0594. The van der Waals surface area contributed by atoms with E-state index in [1.165, 1.54) is 19.2 Å². The minimum atomic E-state index is -0.500. The molecule has 0 spiro atoms. The number of nitrogens with zero attached hydrogens (tertiary/aromatic N) is 6. The Morgan fingerprint density at radius 3 is 2.32 bits per heavy atom. The van der Waals surface area contributed by atoms with Gasteiger partial charge in [-0.05, 0) is 62.9 Å². The average Bonchev–Trinajstić information content (AvgIpc) is 3.35. The number of halogens is 1. The Morgan fingerprint density at radius 2 is 1.71 bits per heavy atom. The number of piperidine rings is 1. The second-order valence-corrected chi connectivity index (χ2v) is 11.1. The molecular weight excluding hydrogens is 527 g/mol. The Kier molecular flexibility index (Phi) is 7.79. The van der Waals surface area contributed by atoms with Gasteiger partial charge in [-0.15, -0.1) is 0 Å². The predicted molar refractivity (Wildman–Crippen MR) is 152 cm³/mol. The fourth-order valence-electron chi connectivity index (χ4n) is 6.27. The summed E-state index contributed by atoms with van der Waals surface area (Å²) in [7, 11) is 1.36. The maximum atomic E-state index is 13.7. The standard InChI is InChI=1S/C30H37FN6O4/c1-3-41-30(39)36-17-15-34(16-18-36)22-11-13-35(14-12-22)25-19-24(29(38)40-2)32-28-26(25)27(20-5-4-6-20)33-37(28)23-9-7-21(31)8-10-23/h7-10,19-20,22H,3-6,11-18H2,1-2H3. The van der Waals surface area contributed by atoms with Crippen molar-refractivity contribution < 1.29 is 23.5 Å². The summed E-state index contributed by atoms with van der Waals surface area (Å²) < 4.78 is 25.7. The van der Waals surface area contributed by atoms with Gasteiger partial charge in [0.05, 0.1) is 36.2 Å². The first-order valence-corrected chi connectivity index (χ1v) is 14.7. The molecular formula is C30H37FN6O4. The number of ether oxygens (including phenoxy) is 2. The molecule has 0 radical (unpaired) electrons. The zero-order valence-corrected chi connectivity index (χ0v) is 23.7. The number of carbonyl (C=O) groups excluding carboxylic acids is 2. The molecule has 0 atom stereocenters. The number of pyridine rings is 1. The van der Waals surface area contributed by atoms with Gasteiger partial charge in [0.2, 0.25) is 0 Å². The molecule has 1 aliphatic carbocycles. The van der Waals surface area contributed by atoms with Crippen LogP contribution in [0.25, 0.3) is 16.7 Å². The highest BCUT2D eigenvalue weighted by Crippen LogP contribution is 2.43. The lowest BCUT2D eigenvalue weighted by Crippen LogP contribution is -2.54. The minimum absolute atomic E-state index is 0.228. The zero-order valence-electron chi connectivity index (χ0n) is 23.7. The van der Waals surface area contributed by atoms with Crippen molar-refractivity contribution in [3.8, 4) is 5.69 Å². The first-order valence-electron chi connectivity index (χ1n) is 14.7. The molecule has 0 unspecified atom stereocenters. The van der Waals surface area contributed by atoms with Crippen LogP contribution in [0.1, 0.15) is 61.1 Å². The number of esters is 1. The molecule has 218 valence electrons. The quantitative estimate of drug-likeness (QED) is 0.408. The van der Waals surface area contributed by atoms with Crippen LogP contribution in [-0.2, 0) is 9.47 Å². The van der Waals surface area contributed by atoms with E-state index in [1.807, 2.05) is 13.0 Å². The van der Waals surface area contributed by atoms with E-state index in [9.17, 15) is 14.0 Å². The molecule has 1 saturated carbocycles. The molecule has 2 aliphatic heterocycles.